The number of hydrogen-bond acceptors (Lipinski definition) is 6. The second kappa shape index (κ2) is 14.8. The number of hydrogen-bond donors (Lipinski definition) is 1. The summed E-state index contributed by atoms with van der Waals surface area (Å²) in [6.07, 6.45) is 2.64. The molecule has 0 saturated carbocycles. The number of fused-ring (bicyclic) bond motifs is 1. The van der Waals surface area contributed by atoms with Crippen molar-refractivity contribution in [1.82, 2.24) is 19.7 Å². The van der Waals surface area contributed by atoms with Crippen molar-refractivity contribution in [2.24, 2.45) is 5.92 Å². The van der Waals surface area contributed by atoms with E-state index in [1.807, 2.05) is 42.5 Å². The topological polar surface area (TPSA) is 98.9 Å². The molecule has 1 amide bonds. The monoisotopic (exact) mass is 606 g/mol. The van der Waals surface area contributed by atoms with E-state index in [2.05, 4.69) is 64.7 Å². The van der Waals surface area contributed by atoms with E-state index in [4.69, 9.17) is 14.2 Å². The zero-order chi connectivity index (χ0) is 30.8. The largest absolute Gasteiger partial charge is 0.494 e. The molecule has 0 spiro atoms. The summed E-state index contributed by atoms with van der Waals surface area (Å²) in [5, 5.41) is 16.6. The third kappa shape index (κ3) is 8.06. The lowest BCUT2D eigenvalue weighted by Gasteiger charge is -2.43. The van der Waals surface area contributed by atoms with Crippen LogP contribution in [0.5, 0.6) is 5.75 Å². The summed E-state index contributed by atoms with van der Waals surface area (Å²) in [6.45, 7) is 3.32. The van der Waals surface area contributed by atoms with Gasteiger partial charge in [0.2, 0.25) is 0 Å². The Morgan fingerprint density at radius 2 is 1.64 bits per heavy atom. The van der Waals surface area contributed by atoms with Gasteiger partial charge in [-0.2, -0.15) is 5.10 Å². The van der Waals surface area contributed by atoms with Crippen molar-refractivity contribution in [1.29, 1.82) is 0 Å². The molecule has 1 fully saturated rings. The highest BCUT2D eigenvalue weighted by Gasteiger charge is 2.40. The first-order chi connectivity index (χ1) is 22.1. The Morgan fingerprint density at radius 3 is 2.42 bits per heavy atom. The van der Waals surface area contributed by atoms with Gasteiger partial charge in [0.25, 0.3) is 0 Å². The number of amides is 1. The molecular formula is C36H38N4O5. The van der Waals surface area contributed by atoms with Gasteiger partial charge in [-0.15, -0.1) is 0 Å². The summed E-state index contributed by atoms with van der Waals surface area (Å²) in [7, 11) is 0. The molecule has 3 unspecified atom stereocenters. The lowest BCUT2D eigenvalue weighted by Crippen LogP contribution is -2.52. The van der Waals surface area contributed by atoms with Crippen LogP contribution in [-0.2, 0) is 29.2 Å². The summed E-state index contributed by atoms with van der Waals surface area (Å²) in [5.41, 5.74) is 3.28. The molecular weight excluding hydrogens is 568 g/mol. The van der Waals surface area contributed by atoms with Gasteiger partial charge in [0.1, 0.15) is 18.4 Å². The molecule has 0 aliphatic carbocycles. The Morgan fingerprint density at radius 1 is 0.844 bits per heavy atom. The summed E-state index contributed by atoms with van der Waals surface area (Å²) < 4.78 is 20.1. The number of rotatable bonds is 13. The Balaban J connectivity index is 1.14. The van der Waals surface area contributed by atoms with Crippen LogP contribution in [0, 0.1) is 5.92 Å². The van der Waals surface area contributed by atoms with Crippen molar-refractivity contribution in [2.45, 2.75) is 38.2 Å². The van der Waals surface area contributed by atoms with Gasteiger partial charge in [-0.1, -0.05) is 78.9 Å². The van der Waals surface area contributed by atoms with E-state index in [-0.39, 0.29) is 24.5 Å². The summed E-state index contributed by atoms with van der Waals surface area (Å²) in [4.78, 5) is 17.8. The Hall–Kier alpha value is -4.73. The molecule has 1 aromatic heterocycles. The standard InChI is InChI=1S/C36H38N4O5/c41-36(42)39-20-32(21-40-26-37-25-38-40)35(34(22-39)45-24-28-11-12-29-9-4-5-10-31(29)19-28)30-13-15-33(16-14-30)44-18-6-17-43-23-27-7-2-1-3-8-27/h1-5,7-16,19,25-26,32,34-35H,6,17-18,20-24H2,(H,41,42). The van der Waals surface area contributed by atoms with Crippen molar-refractivity contribution in [3.05, 3.63) is 126 Å². The molecule has 1 aliphatic rings. The number of benzene rings is 4. The maximum absolute atomic E-state index is 12.2. The summed E-state index contributed by atoms with van der Waals surface area (Å²) >= 11 is 0. The van der Waals surface area contributed by atoms with Gasteiger partial charge in [0, 0.05) is 31.3 Å². The second-order valence-corrected chi connectivity index (χ2v) is 11.4. The van der Waals surface area contributed by atoms with Crippen LogP contribution >= 0.6 is 0 Å². The molecule has 9 nitrogen and oxygen atoms in total. The number of carboxylic acid groups (broad SMARTS) is 1. The second-order valence-electron chi connectivity index (χ2n) is 11.4. The van der Waals surface area contributed by atoms with Crippen molar-refractivity contribution in [3.63, 3.8) is 0 Å². The van der Waals surface area contributed by atoms with E-state index in [0.717, 1.165) is 34.2 Å². The fourth-order valence-corrected chi connectivity index (χ4v) is 6.08. The summed E-state index contributed by atoms with van der Waals surface area (Å²) in [6, 6.07) is 32.8. The minimum Gasteiger partial charge on any atom is -0.494 e. The minimum absolute atomic E-state index is 0.0642. The van der Waals surface area contributed by atoms with E-state index < -0.39 is 6.09 Å². The van der Waals surface area contributed by atoms with Gasteiger partial charge in [-0.25, -0.2) is 9.78 Å². The highest BCUT2D eigenvalue weighted by Crippen LogP contribution is 2.37. The highest BCUT2D eigenvalue weighted by molar-refractivity contribution is 5.82. The number of piperidine rings is 1. The fraction of sp³-hybridized carbons (Fsp3) is 0.306. The third-order valence-corrected chi connectivity index (χ3v) is 8.28. The van der Waals surface area contributed by atoms with Crippen LogP contribution in [-0.4, -0.2) is 63.3 Å². The van der Waals surface area contributed by atoms with Gasteiger partial charge in [-0.3, -0.25) is 4.68 Å². The number of likely N-dealkylation sites (tertiary alicyclic amines) is 1. The van der Waals surface area contributed by atoms with E-state index in [9.17, 15) is 9.90 Å². The first-order valence-electron chi connectivity index (χ1n) is 15.4. The smallest absolute Gasteiger partial charge is 0.407 e. The molecule has 0 radical (unpaired) electrons. The Labute approximate surface area is 263 Å². The normalized spacial score (nSPS) is 18.2. The fourth-order valence-electron chi connectivity index (χ4n) is 6.08. The number of ether oxygens (including phenoxy) is 3. The quantitative estimate of drug-likeness (QED) is 0.155. The van der Waals surface area contributed by atoms with E-state index in [1.54, 1.807) is 11.0 Å². The van der Waals surface area contributed by atoms with Crippen molar-refractivity contribution in [2.75, 3.05) is 26.3 Å². The number of aromatic nitrogens is 3. The molecule has 3 atom stereocenters. The third-order valence-electron chi connectivity index (χ3n) is 8.28. The number of nitrogens with zero attached hydrogens (tertiary/aromatic N) is 4. The molecule has 5 aromatic rings. The molecule has 6 rings (SSSR count). The Kier molecular flexibility index (Phi) is 9.99. The van der Waals surface area contributed by atoms with Crippen LogP contribution in [0.25, 0.3) is 10.8 Å². The average molecular weight is 607 g/mol. The van der Waals surface area contributed by atoms with Crippen molar-refractivity contribution < 1.29 is 24.1 Å². The molecule has 2 heterocycles. The first kappa shape index (κ1) is 30.3. The maximum atomic E-state index is 12.2. The van der Waals surface area contributed by atoms with Gasteiger partial charge < -0.3 is 24.2 Å². The molecule has 232 valence electrons. The zero-order valence-electron chi connectivity index (χ0n) is 25.2. The average Bonchev–Trinajstić information content (AvgIpc) is 3.59. The van der Waals surface area contributed by atoms with E-state index in [0.29, 0.717) is 39.5 Å². The molecule has 0 bridgehead atoms. The molecule has 9 heteroatoms. The van der Waals surface area contributed by atoms with Crippen molar-refractivity contribution >= 4 is 16.9 Å². The van der Waals surface area contributed by atoms with Crippen LogP contribution in [0.2, 0.25) is 0 Å². The Bertz CT molecular complexity index is 1650. The molecule has 4 aromatic carbocycles. The lowest BCUT2D eigenvalue weighted by atomic mass is 9.78. The molecule has 1 saturated heterocycles. The van der Waals surface area contributed by atoms with Crippen LogP contribution in [0.15, 0.2) is 110 Å². The van der Waals surface area contributed by atoms with Crippen LogP contribution in [0.1, 0.15) is 29.0 Å². The highest BCUT2D eigenvalue weighted by atomic mass is 16.5. The predicted molar refractivity (Wildman–Crippen MR) is 171 cm³/mol. The SMILES string of the molecule is O=C(O)N1CC(Cn2cncn2)C(c2ccc(OCCCOCc3ccccc3)cc2)C(OCc2ccc3ccccc3c2)C1. The van der Waals surface area contributed by atoms with E-state index in [1.165, 1.54) is 16.6 Å². The first-order valence-corrected chi connectivity index (χ1v) is 15.4. The molecule has 1 N–H and O–H groups in total. The van der Waals surface area contributed by atoms with Crippen LogP contribution < -0.4 is 4.74 Å². The summed E-state index contributed by atoms with van der Waals surface area (Å²) in [5.74, 6) is 0.642. The number of carbonyl (C=O) groups is 1. The lowest BCUT2D eigenvalue weighted by molar-refractivity contribution is -0.0427. The van der Waals surface area contributed by atoms with Gasteiger partial charge in [-0.05, 0) is 45.7 Å². The minimum atomic E-state index is -0.951. The van der Waals surface area contributed by atoms with Crippen LogP contribution in [0.4, 0.5) is 4.79 Å². The maximum Gasteiger partial charge on any atom is 0.407 e. The predicted octanol–water partition coefficient (Wildman–Crippen LogP) is 6.40. The zero-order valence-corrected chi connectivity index (χ0v) is 25.2. The molecule has 1 aliphatic heterocycles. The van der Waals surface area contributed by atoms with Crippen molar-refractivity contribution in [3.8, 4) is 5.75 Å². The molecule has 45 heavy (non-hydrogen) atoms. The van der Waals surface area contributed by atoms with E-state index >= 15 is 0 Å². The van der Waals surface area contributed by atoms with Gasteiger partial charge >= 0.3 is 6.09 Å². The van der Waals surface area contributed by atoms with Gasteiger partial charge in [0.15, 0.2) is 0 Å². The van der Waals surface area contributed by atoms with Crippen LogP contribution in [0.3, 0.4) is 0 Å². The van der Waals surface area contributed by atoms with Gasteiger partial charge in [0.05, 0.1) is 39.1 Å².